The van der Waals surface area contributed by atoms with Gasteiger partial charge < -0.3 is 9.64 Å². The fraction of sp³-hybridized carbons (Fsp3) is 0.182. The number of amides is 1. The second-order valence-corrected chi connectivity index (χ2v) is 7.32. The SMILES string of the molecule is COc1ncc(-c2cc(F)c(CN3Cc4ncccc4C3=O)c(F)c2)c2cn(C)nc12. The van der Waals surface area contributed by atoms with Crippen LogP contribution in [0.1, 0.15) is 21.6 Å². The van der Waals surface area contributed by atoms with Crippen molar-refractivity contribution >= 4 is 16.8 Å². The van der Waals surface area contributed by atoms with E-state index < -0.39 is 11.6 Å². The van der Waals surface area contributed by atoms with E-state index in [4.69, 9.17) is 4.74 Å². The minimum absolute atomic E-state index is 0.172. The van der Waals surface area contributed by atoms with E-state index in [-0.39, 0.29) is 24.6 Å². The number of hydrogen-bond donors (Lipinski definition) is 0. The summed E-state index contributed by atoms with van der Waals surface area (Å²) in [5.74, 6) is -1.43. The number of methoxy groups -OCH3 is 1. The molecular weight excluding hydrogens is 404 g/mol. The van der Waals surface area contributed by atoms with E-state index in [1.54, 1.807) is 36.3 Å². The number of halogens is 2. The molecule has 0 atom stereocenters. The number of hydrogen-bond acceptors (Lipinski definition) is 5. The number of carbonyl (C=O) groups is 1. The molecule has 1 amide bonds. The lowest BCUT2D eigenvalue weighted by molar-refractivity contribution is 0.0763. The molecule has 1 aliphatic heterocycles. The Hall–Kier alpha value is -3.88. The van der Waals surface area contributed by atoms with Crippen LogP contribution in [0, 0.1) is 11.6 Å². The highest BCUT2D eigenvalue weighted by molar-refractivity contribution is 5.98. The van der Waals surface area contributed by atoms with Crippen LogP contribution in [0.4, 0.5) is 8.78 Å². The average Bonchev–Trinajstić information content (AvgIpc) is 3.29. The smallest absolute Gasteiger partial charge is 0.256 e. The summed E-state index contributed by atoms with van der Waals surface area (Å²) in [4.78, 5) is 22.3. The molecule has 1 aromatic carbocycles. The molecule has 0 unspecified atom stereocenters. The van der Waals surface area contributed by atoms with Gasteiger partial charge in [-0.3, -0.25) is 14.5 Å². The molecule has 0 fully saturated rings. The van der Waals surface area contributed by atoms with Gasteiger partial charge in [0.2, 0.25) is 5.88 Å². The fourth-order valence-corrected chi connectivity index (χ4v) is 3.89. The Bertz CT molecular complexity index is 1330. The number of ether oxygens (including phenoxy) is 1. The van der Waals surface area contributed by atoms with E-state index in [0.29, 0.717) is 39.2 Å². The molecule has 4 aromatic rings. The molecule has 0 N–H and O–H groups in total. The second-order valence-electron chi connectivity index (χ2n) is 7.32. The van der Waals surface area contributed by atoms with Gasteiger partial charge in [0.25, 0.3) is 5.91 Å². The predicted molar refractivity (Wildman–Crippen MR) is 108 cm³/mol. The quantitative estimate of drug-likeness (QED) is 0.505. The van der Waals surface area contributed by atoms with Crippen LogP contribution in [0.5, 0.6) is 5.88 Å². The third-order valence-electron chi connectivity index (χ3n) is 5.38. The van der Waals surface area contributed by atoms with Crippen LogP contribution in [0.25, 0.3) is 22.0 Å². The molecular formula is C22H17F2N5O2. The molecule has 0 bridgehead atoms. The van der Waals surface area contributed by atoms with Crippen LogP contribution >= 0.6 is 0 Å². The zero-order valence-corrected chi connectivity index (χ0v) is 16.8. The molecule has 5 rings (SSSR count). The topological polar surface area (TPSA) is 73.1 Å². The van der Waals surface area contributed by atoms with Crippen molar-refractivity contribution in [2.75, 3.05) is 7.11 Å². The van der Waals surface area contributed by atoms with Crippen LogP contribution in [-0.4, -0.2) is 37.7 Å². The molecule has 0 spiro atoms. The zero-order chi connectivity index (χ0) is 21.7. The number of aromatic nitrogens is 4. The van der Waals surface area contributed by atoms with Crippen molar-refractivity contribution in [2.45, 2.75) is 13.1 Å². The lowest BCUT2D eigenvalue weighted by atomic mass is 10.0. The molecule has 3 aromatic heterocycles. The molecule has 1 aliphatic rings. The van der Waals surface area contributed by atoms with E-state index in [1.807, 2.05) is 0 Å². The highest BCUT2D eigenvalue weighted by atomic mass is 19.1. The maximum absolute atomic E-state index is 15.0. The summed E-state index contributed by atoms with van der Waals surface area (Å²) in [6.45, 7) is 0.0324. The van der Waals surface area contributed by atoms with Crippen LogP contribution < -0.4 is 4.74 Å². The molecule has 31 heavy (non-hydrogen) atoms. The minimum Gasteiger partial charge on any atom is -0.479 e. The van der Waals surface area contributed by atoms with Gasteiger partial charge in [-0.2, -0.15) is 5.10 Å². The van der Waals surface area contributed by atoms with Crippen LogP contribution in [0.2, 0.25) is 0 Å². The summed E-state index contributed by atoms with van der Waals surface area (Å²) >= 11 is 0. The van der Waals surface area contributed by atoms with E-state index in [0.717, 1.165) is 0 Å². The largest absolute Gasteiger partial charge is 0.479 e. The molecule has 0 saturated heterocycles. The molecule has 9 heteroatoms. The fourth-order valence-electron chi connectivity index (χ4n) is 3.89. The minimum atomic E-state index is -0.737. The monoisotopic (exact) mass is 421 g/mol. The standard InChI is InChI=1S/C22H17F2N5O2/c1-28-9-15-14(8-26-21(31-2)20(15)27-28)12-6-17(23)16(18(24)7-12)10-29-11-19-13(22(29)30)4-3-5-25-19/h3-9H,10-11H2,1-2H3. The highest BCUT2D eigenvalue weighted by Crippen LogP contribution is 2.34. The lowest BCUT2D eigenvalue weighted by Gasteiger charge is -2.17. The Morgan fingerprint density at radius 1 is 1.16 bits per heavy atom. The van der Waals surface area contributed by atoms with Crippen LogP contribution in [-0.2, 0) is 20.1 Å². The number of carbonyl (C=O) groups excluding carboxylic acids is 1. The first-order valence-electron chi connectivity index (χ1n) is 9.54. The Balaban J connectivity index is 1.51. The highest BCUT2D eigenvalue weighted by Gasteiger charge is 2.29. The maximum Gasteiger partial charge on any atom is 0.256 e. The molecule has 0 saturated carbocycles. The molecule has 156 valence electrons. The third kappa shape index (κ3) is 3.09. The molecule has 0 aliphatic carbocycles. The Morgan fingerprint density at radius 2 is 1.94 bits per heavy atom. The van der Waals surface area contributed by atoms with Gasteiger partial charge in [-0.05, 0) is 29.8 Å². The number of aryl methyl sites for hydroxylation is 1. The van der Waals surface area contributed by atoms with E-state index >= 15 is 0 Å². The van der Waals surface area contributed by atoms with Gasteiger partial charge in [0, 0.05) is 42.2 Å². The Morgan fingerprint density at radius 3 is 2.65 bits per heavy atom. The number of pyridine rings is 2. The first kappa shape index (κ1) is 19.1. The summed E-state index contributed by atoms with van der Waals surface area (Å²) in [5.41, 5.74) is 2.25. The number of fused-ring (bicyclic) bond motifs is 2. The van der Waals surface area contributed by atoms with Crippen molar-refractivity contribution in [3.63, 3.8) is 0 Å². The van der Waals surface area contributed by atoms with Crippen molar-refractivity contribution in [3.05, 3.63) is 71.3 Å². The van der Waals surface area contributed by atoms with Crippen molar-refractivity contribution in [3.8, 4) is 17.0 Å². The van der Waals surface area contributed by atoms with Gasteiger partial charge in [-0.25, -0.2) is 13.8 Å². The van der Waals surface area contributed by atoms with Crippen molar-refractivity contribution in [1.82, 2.24) is 24.6 Å². The molecule has 0 radical (unpaired) electrons. The van der Waals surface area contributed by atoms with Crippen LogP contribution in [0.3, 0.4) is 0 Å². The first-order chi connectivity index (χ1) is 15.0. The number of nitrogens with zero attached hydrogens (tertiary/aromatic N) is 5. The van der Waals surface area contributed by atoms with Gasteiger partial charge in [-0.15, -0.1) is 0 Å². The molecule has 4 heterocycles. The third-order valence-corrected chi connectivity index (χ3v) is 5.38. The van der Waals surface area contributed by atoms with Crippen molar-refractivity contribution in [2.24, 2.45) is 7.05 Å². The average molecular weight is 421 g/mol. The molecule has 7 nitrogen and oxygen atoms in total. The first-order valence-corrected chi connectivity index (χ1v) is 9.54. The van der Waals surface area contributed by atoms with Crippen LogP contribution in [0.15, 0.2) is 42.9 Å². The Labute approximate surface area is 175 Å². The Kier molecular flexibility index (Phi) is 4.39. The van der Waals surface area contributed by atoms with Gasteiger partial charge in [0.1, 0.15) is 11.6 Å². The number of benzene rings is 1. The lowest BCUT2D eigenvalue weighted by Crippen LogP contribution is -2.24. The zero-order valence-electron chi connectivity index (χ0n) is 16.8. The summed E-state index contributed by atoms with van der Waals surface area (Å²) < 4.78 is 36.8. The van der Waals surface area contributed by atoms with Crippen molar-refractivity contribution in [1.29, 1.82) is 0 Å². The van der Waals surface area contributed by atoms with Gasteiger partial charge in [0.15, 0.2) is 5.52 Å². The summed E-state index contributed by atoms with van der Waals surface area (Å²) in [6.07, 6.45) is 4.84. The second kappa shape index (κ2) is 7.12. The van der Waals surface area contributed by atoms with Gasteiger partial charge >= 0.3 is 0 Å². The van der Waals surface area contributed by atoms with E-state index in [1.165, 1.54) is 30.3 Å². The normalized spacial score (nSPS) is 13.2. The van der Waals surface area contributed by atoms with E-state index in [2.05, 4.69) is 15.1 Å². The summed E-state index contributed by atoms with van der Waals surface area (Å²) in [5, 5.41) is 4.98. The predicted octanol–water partition coefficient (Wildman–Crippen LogP) is 3.47. The summed E-state index contributed by atoms with van der Waals surface area (Å²) in [6, 6.07) is 5.83. The van der Waals surface area contributed by atoms with Crippen molar-refractivity contribution < 1.29 is 18.3 Å². The number of rotatable bonds is 4. The van der Waals surface area contributed by atoms with E-state index in [9.17, 15) is 13.6 Å². The van der Waals surface area contributed by atoms with Gasteiger partial charge in [-0.1, -0.05) is 0 Å². The maximum atomic E-state index is 15.0. The van der Waals surface area contributed by atoms with Gasteiger partial charge in [0.05, 0.1) is 31.5 Å². The summed E-state index contributed by atoms with van der Waals surface area (Å²) in [7, 11) is 3.23.